The third kappa shape index (κ3) is 4.51. The molecule has 3 aromatic carbocycles. The second kappa shape index (κ2) is 9.55. The highest BCUT2D eigenvalue weighted by atomic mass is 35.5. The summed E-state index contributed by atoms with van der Waals surface area (Å²) in [6.45, 7) is 2.41. The first kappa shape index (κ1) is 23.1. The van der Waals surface area contributed by atoms with Crippen LogP contribution in [0.3, 0.4) is 0 Å². The Morgan fingerprint density at radius 2 is 1.92 bits per heavy atom. The molecule has 4 aromatic rings. The van der Waals surface area contributed by atoms with Gasteiger partial charge in [0.05, 0.1) is 27.8 Å². The van der Waals surface area contributed by atoms with Crippen LogP contribution in [0.2, 0.25) is 5.02 Å². The van der Waals surface area contributed by atoms with Gasteiger partial charge in [0.15, 0.2) is 17.3 Å². The standard InChI is InChI=1S/C24H18ClN5O6/c1-2-34-24-27-22(14-3-10-20-21(11-14)36-13-35-20)29(28-24)16-6-4-15(5-7-16)26-23(31)18-9-8-17(30(32)33)12-19(18)25/h3-12H,2,13H2,1H3,(H,26,31). The van der Waals surface area contributed by atoms with Crippen LogP contribution in [0, 0.1) is 10.1 Å². The lowest BCUT2D eigenvalue weighted by Crippen LogP contribution is -2.12. The van der Waals surface area contributed by atoms with Crippen molar-refractivity contribution >= 4 is 28.9 Å². The van der Waals surface area contributed by atoms with Gasteiger partial charge in [-0.15, -0.1) is 5.10 Å². The van der Waals surface area contributed by atoms with E-state index in [-0.39, 0.29) is 29.1 Å². The molecule has 0 aliphatic carbocycles. The van der Waals surface area contributed by atoms with Crippen molar-refractivity contribution in [1.82, 2.24) is 14.8 Å². The zero-order valence-electron chi connectivity index (χ0n) is 18.8. The molecule has 0 fully saturated rings. The Kier molecular flexibility index (Phi) is 6.13. The third-order valence-electron chi connectivity index (χ3n) is 5.27. The normalized spacial score (nSPS) is 11.8. The number of fused-ring (bicyclic) bond motifs is 1. The predicted molar refractivity (Wildman–Crippen MR) is 130 cm³/mol. The minimum atomic E-state index is -0.578. The summed E-state index contributed by atoms with van der Waals surface area (Å²) in [6.07, 6.45) is 0. The maximum Gasteiger partial charge on any atom is 0.336 e. The average molecular weight is 508 g/mol. The molecule has 0 saturated heterocycles. The fourth-order valence-electron chi connectivity index (χ4n) is 3.57. The molecule has 36 heavy (non-hydrogen) atoms. The molecule has 1 amide bonds. The molecule has 0 spiro atoms. The maximum atomic E-state index is 12.6. The SMILES string of the molecule is CCOc1nc(-c2ccc3c(c2)OCO3)n(-c2ccc(NC(=O)c3ccc([N+](=O)[O-])cc3Cl)cc2)n1. The number of carbonyl (C=O) groups is 1. The number of hydrogen-bond acceptors (Lipinski definition) is 8. The first-order valence-corrected chi connectivity index (χ1v) is 11.2. The molecular weight excluding hydrogens is 490 g/mol. The number of nitro groups is 1. The van der Waals surface area contributed by atoms with Crippen LogP contribution in [-0.4, -0.2) is 39.0 Å². The number of halogens is 1. The Morgan fingerprint density at radius 3 is 2.64 bits per heavy atom. The fraction of sp³-hybridized carbons (Fsp3) is 0.125. The molecule has 0 unspecified atom stereocenters. The highest BCUT2D eigenvalue weighted by molar-refractivity contribution is 6.34. The summed E-state index contributed by atoms with van der Waals surface area (Å²) in [5.74, 6) is 1.31. The molecule has 12 heteroatoms. The molecule has 0 saturated carbocycles. The lowest BCUT2D eigenvalue weighted by atomic mass is 10.1. The second-order valence-electron chi connectivity index (χ2n) is 7.55. The average Bonchev–Trinajstić information content (AvgIpc) is 3.51. The number of nitro benzene ring substituents is 1. The molecule has 182 valence electrons. The van der Waals surface area contributed by atoms with Gasteiger partial charge in [0.2, 0.25) is 6.79 Å². The van der Waals surface area contributed by atoms with E-state index in [4.69, 9.17) is 25.8 Å². The number of aromatic nitrogens is 3. The smallest absolute Gasteiger partial charge is 0.336 e. The first-order chi connectivity index (χ1) is 17.4. The fourth-order valence-corrected chi connectivity index (χ4v) is 3.83. The maximum absolute atomic E-state index is 12.6. The Hall–Kier alpha value is -4.64. The molecule has 1 N–H and O–H groups in total. The largest absolute Gasteiger partial charge is 0.463 e. The molecular formula is C24H18ClN5O6. The van der Waals surface area contributed by atoms with E-state index in [9.17, 15) is 14.9 Å². The van der Waals surface area contributed by atoms with Crippen LogP contribution in [0.1, 0.15) is 17.3 Å². The van der Waals surface area contributed by atoms with E-state index in [0.717, 1.165) is 11.6 Å². The molecule has 5 rings (SSSR count). The molecule has 0 bridgehead atoms. The predicted octanol–water partition coefficient (Wildman–Crippen LogP) is 4.88. The van der Waals surface area contributed by atoms with Crippen molar-refractivity contribution in [1.29, 1.82) is 0 Å². The van der Waals surface area contributed by atoms with Crippen LogP contribution < -0.4 is 19.5 Å². The van der Waals surface area contributed by atoms with E-state index in [0.29, 0.717) is 35.3 Å². The topological polar surface area (TPSA) is 131 Å². The number of anilines is 1. The van der Waals surface area contributed by atoms with Crippen LogP contribution in [0.15, 0.2) is 60.7 Å². The van der Waals surface area contributed by atoms with E-state index in [1.54, 1.807) is 35.0 Å². The number of non-ortho nitro benzene ring substituents is 1. The highest BCUT2D eigenvalue weighted by Gasteiger charge is 2.20. The first-order valence-electron chi connectivity index (χ1n) is 10.8. The highest BCUT2D eigenvalue weighted by Crippen LogP contribution is 2.36. The number of nitrogens with one attached hydrogen (secondary N) is 1. The molecule has 1 aliphatic heterocycles. The number of nitrogens with zero attached hydrogens (tertiary/aromatic N) is 4. The zero-order valence-corrected chi connectivity index (χ0v) is 19.6. The Balaban J connectivity index is 1.41. The van der Waals surface area contributed by atoms with Gasteiger partial charge in [-0.25, -0.2) is 4.68 Å². The van der Waals surface area contributed by atoms with Gasteiger partial charge in [-0.3, -0.25) is 14.9 Å². The number of hydrogen-bond donors (Lipinski definition) is 1. The van der Waals surface area contributed by atoms with Gasteiger partial charge in [-0.2, -0.15) is 4.98 Å². The Morgan fingerprint density at radius 1 is 1.14 bits per heavy atom. The van der Waals surface area contributed by atoms with E-state index >= 15 is 0 Å². The van der Waals surface area contributed by atoms with Gasteiger partial charge in [0, 0.05) is 23.4 Å². The van der Waals surface area contributed by atoms with Crippen LogP contribution in [0.25, 0.3) is 17.1 Å². The van der Waals surface area contributed by atoms with Crippen molar-refractivity contribution in [3.8, 4) is 34.6 Å². The second-order valence-corrected chi connectivity index (χ2v) is 7.96. The van der Waals surface area contributed by atoms with E-state index in [2.05, 4.69) is 15.4 Å². The summed E-state index contributed by atoms with van der Waals surface area (Å²) in [5.41, 5.74) is 1.84. The number of amides is 1. The van der Waals surface area contributed by atoms with E-state index in [1.165, 1.54) is 12.1 Å². The van der Waals surface area contributed by atoms with Crippen molar-refractivity contribution in [2.45, 2.75) is 6.92 Å². The molecule has 0 radical (unpaired) electrons. The van der Waals surface area contributed by atoms with Gasteiger partial charge in [-0.05, 0) is 55.5 Å². The van der Waals surface area contributed by atoms with Gasteiger partial charge >= 0.3 is 6.01 Å². The zero-order chi connectivity index (χ0) is 25.2. The van der Waals surface area contributed by atoms with Crippen LogP contribution >= 0.6 is 11.6 Å². The van der Waals surface area contributed by atoms with E-state index < -0.39 is 10.8 Å². The minimum absolute atomic E-state index is 0.0160. The Bertz CT molecular complexity index is 1470. The summed E-state index contributed by atoms with van der Waals surface area (Å²) < 4.78 is 18.0. The van der Waals surface area contributed by atoms with Crippen molar-refractivity contribution in [3.63, 3.8) is 0 Å². The number of benzene rings is 3. The summed E-state index contributed by atoms with van der Waals surface area (Å²) in [5, 5.41) is 18.1. The summed E-state index contributed by atoms with van der Waals surface area (Å²) in [4.78, 5) is 27.5. The number of ether oxygens (including phenoxy) is 3. The van der Waals surface area contributed by atoms with Crippen molar-refractivity contribution < 1.29 is 23.9 Å². The van der Waals surface area contributed by atoms with Crippen molar-refractivity contribution in [3.05, 3.63) is 81.4 Å². The molecule has 1 aliphatic rings. The van der Waals surface area contributed by atoms with Crippen molar-refractivity contribution in [2.24, 2.45) is 0 Å². The van der Waals surface area contributed by atoms with Crippen molar-refractivity contribution in [2.75, 3.05) is 18.7 Å². The van der Waals surface area contributed by atoms with Crippen LogP contribution in [0.4, 0.5) is 11.4 Å². The van der Waals surface area contributed by atoms with E-state index in [1.807, 2.05) is 19.1 Å². The van der Waals surface area contributed by atoms with Gasteiger partial charge < -0.3 is 19.5 Å². The third-order valence-corrected chi connectivity index (χ3v) is 5.58. The van der Waals surface area contributed by atoms with Gasteiger partial charge in [0.1, 0.15) is 0 Å². The van der Waals surface area contributed by atoms with Gasteiger partial charge in [0.25, 0.3) is 11.6 Å². The number of rotatable bonds is 7. The lowest BCUT2D eigenvalue weighted by molar-refractivity contribution is -0.384. The summed E-state index contributed by atoms with van der Waals surface area (Å²) in [7, 11) is 0. The monoisotopic (exact) mass is 507 g/mol. The summed E-state index contributed by atoms with van der Waals surface area (Å²) >= 11 is 6.07. The minimum Gasteiger partial charge on any atom is -0.463 e. The molecule has 1 aromatic heterocycles. The molecule has 2 heterocycles. The van der Waals surface area contributed by atoms with Gasteiger partial charge in [-0.1, -0.05) is 11.6 Å². The van der Waals surface area contributed by atoms with Crippen LogP contribution in [0.5, 0.6) is 17.5 Å². The molecule has 0 atom stereocenters. The van der Waals surface area contributed by atoms with Crippen LogP contribution in [-0.2, 0) is 0 Å². The quantitative estimate of drug-likeness (QED) is 0.277. The lowest BCUT2D eigenvalue weighted by Gasteiger charge is -2.09. The summed E-state index contributed by atoms with van der Waals surface area (Å²) in [6, 6.07) is 16.3. The Labute approximate surface area is 209 Å². The molecule has 11 nitrogen and oxygen atoms in total. The number of carbonyl (C=O) groups excluding carboxylic acids is 1.